The normalized spacial score (nSPS) is 11.0. The molecule has 0 amide bonds. The summed E-state index contributed by atoms with van der Waals surface area (Å²) in [4.78, 5) is 10.2. The van der Waals surface area contributed by atoms with Crippen LogP contribution in [0.25, 0.3) is 0 Å². The van der Waals surface area contributed by atoms with Crippen molar-refractivity contribution in [3.63, 3.8) is 0 Å². The number of nitrogens with one attached hydrogen (secondary N) is 1. The lowest BCUT2D eigenvalue weighted by Crippen LogP contribution is -2.08. The van der Waals surface area contributed by atoms with Gasteiger partial charge in [-0.05, 0) is 12.5 Å². The minimum atomic E-state index is 0.455. The molecular weight excluding hydrogens is 164 g/mol. The number of nitrogens with zero attached hydrogens (tertiary/aromatic N) is 1. The molecule has 3 nitrogen and oxygen atoms in total. The summed E-state index contributed by atoms with van der Waals surface area (Å²) < 4.78 is 0. The van der Waals surface area contributed by atoms with Crippen molar-refractivity contribution in [1.82, 2.24) is 5.43 Å². The van der Waals surface area contributed by atoms with Gasteiger partial charge in [0.2, 0.25) is 0 Å². The van der Waals surface area contributed by atoms with Gasteiger partial charge in [0.1, 0.15) is 0 Å². The van der Waals surface area contributed by atoms with Crippen molar-refractivity contribution in [1.29, 1.82) is 0 Å². The number of carbonyl (C=O) groups is 1. The average molecular weight is 176 g/mol. The number of aldehydes is 1. The molecule has 0 aliphatic heterocycles. The summed E-state index contributed by atoms with van der Waals surface area (Å²) in [6.45, 7) is 2.30. The number of carbonyl (C=O) groups excluding carboxylic acids is 1. The Kier molecular flexibility index (Phi) is 3.70. The maximum atomic E-state index is 10.2. The van der Waals surface area contributed by atoms with Crippen LogP contribution in [0.1, 0.15) is 12.5 Å². The predicted octanol–water partition coefficient (Wildman–Crippen LogP) is 1.35. The molecule has 68 valence electrons. The lowest BCUT2D eigenvalue weighted by molar-refractivity contribution is -0.102. The van der Waals surface area contributed by atoms with Gasteiger partial charge in [0.15, 0.2) is 6.29 Å². The number of hydrogen-bond donors (Lipinski definition) is 1. The van der Waals surface area contributed by atoms with Crippen LogP contribution in [0, 0.1) is 0 Å². The molecule has 0 fully saturated rings. The molecule has 3 heteroatoms. The second-order valence-electron chi connectivity index (χ2n) is 2.69. The van der Waals surface area contributed by atoms with Gasteiger partial charge in [0, 0.05) is 0 Å². The number of benzene rings is 1. The van der Waals surface area contributed by atoms with E-state index in [1.165, 1.54) is 0 Å². The van der Waals surface area contributed by atoms with Crippen molar-refractivity contribution in [3.05, 3.63) is 35.9 Å². The van der Waals surface area contributed by atoms with Crippen LogP contribution in [-0.4, -0.2) is 12.0 Å². The summed E-state index contributed by atoms with van der Waals surface area (Å²) >= 11 is 0. The Hall–Kier alpha value is -1.64. The Morgan fingerprint density at radius 1 is 1.46 bits per heavy atom. The highest BCUT2D eigenvalue weighted by atomic mass is 16.1. The molecule has 0 spiro atoms. The van der Waals surface area contributed by atoms with Crippen molar-refractivity contribution in [3.8, 4) is 0 Å². The lowest BCUT2D eigenvalue weighted by Gasteiger charge is -1.99. The number of rotatable bonds is 4. The second-order valence-corrected chi connectivity index (χ2v) is 2.69. The van der Waals surface area contributed by atoms with Crippen LogP contribution < -0.4 is 5.43 Å². The van der Waals surface area contributed by atoms with Crippen LogP contribution >= 0.6 is 0 Å². The monoisotopic (exact) mass is 176 g/mol. The van der Waals surface area contributed by atoms with E-state index < -0.39 is 0 Å². The zero-order valence-electron chi connectivity index (χ0n) is 7.53. The van der Waals surface area contributed by atoms with E-state index in [-0.39, 0.29) is 0 Å². The molecule has 0 bridgehead atoms. The molecular formula is C10H12N2O. The number of hydrogen-bond acceptors (Lipinski definition) is 3. The molecule has 0 saturated carbocycles. The number of hydrazone groups is 1. The van der Waals surface area contributed by atoms with E-state index in [1.54, 1.807) is 6.92 Å². The van der Waals surface area contributed by atoms with Gasteiger partial charge in [-0.3, -0.25) is 4.79 Å². The van der Waals surface area contributed by atoms with Crippen LogP contribution in [0.2, 0.25) is 0 Å². The first-order valence-corrected chi connectivity index (χ1v) is 4.09. The van der Waals surface area contributed by atoms with Crippen molar-refractivity contribution >= 4 is 12.0 Å². The van der Waals surface area contributed by atoms with Gasteiger partial charge in [-0.15, -0.1) is 0 Å². The van der Waals surface area contributed by atoms with Crippen molar-refractivity contribution in [2.24, 2.45) is 5.10 Å². The Morgan fingerprint density at radius 3 is 2.77 bits per heavy atom. The maximum Gasteiger partial charge on any atom is 0.165 e. The first-order valence-electron chi connectivity index (χ1n) is 4.09. The highest BCUT2D eigenvalue weighted by Gasteiger charge is 1.88. The van der Waals surface area contributed by atoms with Crippen LogP contribution in [0.3, 0.4) is 0 Å². The van der Waals surface area contributed by atoms with Crippen LogP contribution in [0.4, 0.5) is 0 Å². The SMILES string of the molecule is C/C(C=O)=N/NCc1ccccc1. The summed E-state index contributed by atoms with van der Waals surface area (Å²) in [5.41, 5.74) is 4.41. The van der Waals surface area contributed by atoms with E-state index in [2.05, 4.69) is 10.5 Å². The quantitative estimate of drug-likeness (QED) is 0.427. The fourth-order valence-corrected chi connectivity index (χ4v) is 0.878. The van der Waals surface area contributed by atoms with Crippen LogP contribution in [0.15, 0.2) is 35.4 Å². The van der Waals surface area contributed by atoms with Crippen molar-refractivity contribution in [2.75, 3.05) is 0 Å². The van der Waals surface area contributed by atoms with E-state index in [9.17, 15) is 4.79 Å². The summed E-state index contributed by atoms with van der Waals surface area (Å²) in [5, 5.41) is 3.84. The molecule has 0 atom stereocenters. The summed E-state index contributed by atoms with van der Waals surface area (Å²) in [6.07, 6.45) is 0.720. The Morgan fingerprint density at radius 2 is 2.15 bits per heavy atom. The fourth-order valence-electron chi connectivity index (χ4n) is 0.878. The van der Waals surface area contributed by atoms with Gasteiger partial charge in [-0.25, -0.2) is 0 Å². The first kappa shape index (κ1) is 9.45. The molecule has 1 aromatic carbocycles. The average Bonchev–Trinajstić information content (AvgIpc) is 2.19. The zero-order chi connectivity index (χ0) is 9.52. The molecule has 13 heavy (non-hydrogen) atoms. The molecule has 1 rings (SSSR count). The molecule has 0 radical (unpaired) electrons. The fraction of sp³-hybridized carbons (Fsp3) is 0.200. The van der Waals surface area contributed by atoms with E-state index in [0.29, 0.717) is 12.3 Å². The molecule has 1 aromatic rings. The molecule has 0 aliphatic carbocycles. The predicted molar refractivity (Wildman–Crippen MR) is 52.5 cm³/mol. The van der Waals surface area contributed by atoms with Crippen LogP contribution in [-0.2, 0) is 11.3 Å². The minimum absolute atomic E-state index is 0.455. The van der Waals surface area contributed by atoms with E-state index in [1.807, 2.05) is 30.3 Å². The van der Waals surface area contributed by atoms with Gasteiger partial charge in [0.25, 0.3) is 0 Å². The summed E-state index contributed by atoms with van der Waals surface area (Å²) in [7, 11) is 0. The van der Waals surface area contributed by atoms with Gasteiger partial charge < -0.3 is 5.43 Å². The lowest BCUT2D eigenvalue weighted by atomic mass is 10.2. The molecule has 0 aliphatic rings. The van der Waals surface area contributed by atoms with E-state index in [0.717, 1.165) is 11.8 Å². The van der Waals surface area contributed by atoms with Crippen molar-refractivity contribution in [2.45, 2.75) is 13.5 Å². The largest absolute Gasteiger partial charge is 0.305 e. The third-order valence-corrected chi connectivity index (χ3v) is 1.55. The van der Waals surface area contributed by atoms with E-state index in [4.69, 9.17) is 0 Å². The molecule has 0 heterocycles. The molecule has 0 aromatic heterocycles. The Balaban J connectivity index is 2.40. The summed E-state index contributed by atoms with van der Waals surface area (Å²) in [5.74, 6) is 0. The Labute approximate surface area is 77.5 Å². The molecule has 1 N–H and O–H groups in total. The molecule has 0 saturated heterocycles. The highest BCUT2D eigenvalue weighted by molar-refractivity contribution is 6.26. The maximum absolute atomic E-state index is 10.2. The topological polar surface area (TPSA) is 41.5 Å². The van der Waals surface area contributed by atoms with E-state index >= 15 is 0 Å². The van der Waals surface area contributed by atoms with Gasteiger partial charge in [0.05, 0.1) is 12.3 Å². The highest BCUT2D eigenvalue weighted by Crippen LogP contribution is 1.96. The third kappa shape index (κ3) is 3.51. The first-order chi connectivity index (χ1) is 6.33. The van der Waals surface area contributed by atoms with Gasteiger partial charge in [-0.1, -0.05) is 30.3 Å². The zero-order valence-corrected chi connectivity index (χ0v) is 7.53. The smallest absolute Gasteiger partial charge is 0.165 e. The third-order valence-electron chi connectivity index (χ3n) is 1.55. The standard InChI is InChI=1S/C10H12N2O/c1-9(8-13)12-11-7-10-5-3-2-4-6-10/h2-6,8,11H,7H2,1H3/b12-9-. The summed E-state index contributed by atoms with van der Waals surface area (Å²) in [6, 6.07) is 9.89. The minimum Gasteiger partial charge on any atom is -0.305 e. The van der Waals surface area contributed by atoms with Gasteiger partial charge >= 0.3 is 0 Å². The molecule has 0 unspecified atom stereocenters. The van der Waals surface area contributed by atoms with Gasteiger partial charge in [-0.2, -0.15) is 5.10 Å². The van der Waals surface area contributed by atoms with Crippen molar-refractivity contribution < 1.29 is 4.79 Å². The Bertz CT molecular complexity index is 293. The second kappa shape index (κ2) is 5.09. The van der Waals surface area contributed by atoms with Crippen LogP contribution in [0.5, 0.6) is 0 Å².